The van der Waals surface area contributed by atoms with Gasteiger partial charge in [0.05, 0.1) is 4.88 Å². The molecule has 2 aliphatic heterocycles. The SMILES string of the molecule is O=C(NCC1CCCN2CCCCC12)c1nc(-n2cccc2)sc1-c1ccccc1. The van der Waals surface area contributed by atoms with Gasteiger partial charge in [-0.2, -0.15) is 0 Å². The first-order valence-electron chi connectivity index (χ1n) is 11.0. The molecule has 1 amide bonds. The molecule has 3 aromatic rings. The van der Waals surface area contributed by atoms with E-state index in [0.29, 0.717) is 17.7 Å². The molecule has 2 fully saturated rings. The molecule has 2 saturated heterocycles. The van der Waals surface area contributed by atoms with Crippen molar-refractivity contribution in [2.75, 3.05) is 19.6 Å². The average Bonchev–Trinajstić information content (AvgIpc) is 3.48. The Morgan fingerprint density at radius 1 is 1.03 bits per heavy atom. The van der Waals surface area contributed by atoms with Gasteiger partial charge in [-0.15, -0.1) is 0 Å². The third-order valence-corrected chi connectivity index (χ3v) is 7.56. The molecule has 0 spiro atoms. The van der Waals surface area contributed by atoms with E-state index in [1.165, 1.54) is 45.2 Å². The first-order chi connectivity index (χ1) is 14.8. The van der Waals surface area contributed by atoms with Gasteiger partial charge in [-0.25, -0.2) is 4.98 Å². The van der Waals surface area contributed by atoms with Crippen LogP contribution in [-0.4, -0.2) is 46.0 Å². The normalized spacial score (nSPS) is 21.9. The van der Waals surface area contributed by atoms with Crippen LogP contribution in [-0.2, 0) is 0 Å². The van der Waals surface area contributed by atoms with Gasteiger partial charge in [0.2, 0.25) is 0 Å². The number of amides is 1. The number of rotatable bonds is 5. The first-order valence-corrected chi connectivity index (χ1v) is 11.8. The number of nitrogens with zero attached hydrogens (tertiary/aromatic N) is 3. The van der Waals surface area contributed by atoms with Gasteiger partial charge in [0.15, 0.2) is 5.13 Å². The summed E-state index contributed by atoms with van der Waals surface area (Å²) in [4.78, 5) is 21.5. The van der Waals surface area contributed by atoms with E-state index in [-0.39, 0.29) is 5.91 Å². The summed E-state index contributed by atoms with van der Waals surface area (Å²) in [6, 6.07) is 14.7. The van der Waals surface area contributed by atoms with Crippen molar-refractivity contribution in [3.63, 3.8) is 0 Å². The Labute approximate surface area is 181 Å². The smallest absolute Gasteiger partial charge is 0.271 e. The van der Waals surface area contributed by atoms with Crippen molar-refractivity contribution in [1.29, 1.82) is 0 Å². The molecule has 0 radical (unpaired) electrons. The summed E-state index contributed by atoms with van der Waals surface area (Å²) >= 11 is 1.56. The Bertz CT molecular complexity index is 980. The summed E-state index contributed by atoms with van der Waals surface area (Å²) in [5.74, 6) is 0.488. The molecule has 2 atom stereocenters. The monoisotopic (exact) mass is 420 g/mol. The van der Waals surface area contributed by atoms with Crippen molar-refractivity contribution in [3.05, 3.63) is 60.6 Å². The number of aromatic nitrogens is 2. The minimum Gasteiger partial charge on any atom is -0.350 e. The lowest BCUT2D eigenvalue weighted by Gasteiger charge is -2.44. The summed E-state index contributed by atoms with van der Waals surface area (Å²) in [6.07, 6.45) is 10.3. The summed E-state index contributed by atoms with van der Waals surface area (Å²) < 4.78 is 1.97. The maximum Gasteiger partial charge on any atom is 0.271 e. The predicted octanol–water partition coefficient (Wildman–Crippen LogP) is 4.60. The Hall–Kier alpha value is -2.44. The van der Waals surface area contributed by atoms with Gasteiger partial charge < -0.3 is 14.8 Å². The van der Waals surface area contributed by atoms with Crippen molar-refractivity contribution in [2.24, 2.45) is 5.92 Å². The number of piperidine rings is 2. The number of benzene rings is 1. The van der Waals surface area contributed by atoms with Crippen molar-refractivity contribution in [1.82, 2.24) is 19.8 Å². The van der Waals surface area contributed by atoms with Crippen LogP contribution < -0.4 is 5.32 Å². The lowest BCUT2D eigenvalue weighted by atomic mass is 9.83. The van der Waals surface area contributed by atoms with E-state index in [2.05, 4.69) is 10.2 Å². The highest BCUT2D eigenvalue weighted by atomic mass is 32.1. The Balaban J connectivity index is 1.37. The zero-order chi connectivity index (χ0) is 20.3. The summed E-state index contributed by atoms with van der Waals surface area (Å²) in [5, 5.41) is 4.06. The van der Waals surface area contributed by atoms with Gasteiger partial charge in [0, 0.05) is 25.0 Å². The van der Waals surface area contributed by atoms with E-state index in [9.17, 15) is 4.79 Å². The van der Waals surface area contributed by atoms with E-state index in [4.69, 9.17) is 4.98 Å². The minimum absolute atomic E-state index is 0.0588. The summed E-state index contributed by atoms with van der Waals surface area (Å²) in [7, 11) is 0. The molecular formula is C24H28N4OS. The van der Waals surface area contributed by atoms with Crippen LogP contribution in [0.25, 0.3) is 15.6 Å². The van der Waals surface area contributed by atoms with Crippen molar-refractivity contribution >= 4 is 17.2 Å². The number of hydrogen-bond donors (Lipinski definition) is 1. The van der Waals surface area contributed by atoms with Gasteiger partial charge >= 0.3 is 0 Å². The van der Waals surface area contributed by atoms with Gasteiger partial charge in [0.25, 0.3) is 5.91 Å². The molecule has 4 heterocycles. The van der Waals surface area contributed by atoms with Crippen LogP contribution >= 0.6 is 11.3 Å². The first kappa shape index (κ1) is 19.5. The maximum atomic E-state index is 13.2. The van der Waals surface area contributed by atoms with Crippen LogP contribution in [0.5, 0.6) is 0 Å². The molecule has 5 rings (SSSR count). The average molecular weight is 421 g/mol. The molecule has 0 saturated carbocycles. The topological polar surface area (TPSA) is 50.2 Å². The molecule has 1 aromatic carbocycles. The second-order valence-corrected chi connectivity index (χ2v) is 9.32. The van der Waals surface area contributed by atoms with Gasteiger partial charge in [-0.1, -0.05) is 48.1 Å². The fraction of sp³-hybridized carbons (Fsp3) is 0.417. The lowest BCUT2D eigenvalue weighted by molar-refractivity contribution is 0.0575. The minimum atomic E-state index is -0.0588. The zero-order valence-electron chi connectivity index (χ0n) is 17.2. The number of fused-ring (bicyclic) bond motifs is 1. The molecule has 5 nitrogen and oxygen atoms in total. The lowest BCUT2D eigenvalue weighted by Crippen LogP contribution is -2.51. The van der Waals surface area contributed by atoms with Crippen LogP contribution in [0.1, 0.15) is 42.6 Å². The molecular weight excluding hydrogens is 392 g/mol. The highest BCUT2D eigenvalue weighted by Crippen LogP contribution is 2.33. The predicted molar refractivity (Wildman–Crippen MR) is 121 cm³/mol. The number of carbonyl (C=O) groups excluding carboxylic acids is 1. The second kappa shape index (κ2) is 8.74. The largest absolute Gasteiger partial charge is 0.350 e. The number of carbonyl (C=O) groups is 1. The van der Waals surface area contributed by atoms with Crippen molar-refractivity contribution in [2.45, 2.75) is 38.1 Å². The Morgan fingerprint density at radius 2 is 1.83 bits per heavy atom. The third kappa shape index (κ3) is 3.94. The number of hydrogen-bond acceptors (Lipinski definition) is 4. The van der Waals surface area contributed by atoms with Crippen LogP contribution in [0.15, 0.2) is 54.9 Å². The molecule has 30 heavy (non-hydrogen) atoms. The fourth-order valence-corrected chi connectivity index (χ4v) is 5.98. The molecule has 6 heteroatoms. The van der Waals surface area contributed by atoms with E-state index in [1.54, 1.807) is 11.3 Å². The molecule has 1 N–H and O–H groups in total. The highest BCUT2D eigenvalue weighted by molar-refractivity contribution is 7.17. The van der Waals surface area contributed by atoms with Gasteiger partial charge in [-0.05, 0) is 62.4 Å². The van der Waals surface area contributed by atoms with Gasteiger partial charge in [-0.3, -0.25) is 4.79 Å². The molecule has 2 aromatic heterocycles. The molecule has 156 valence electrons. The summed E-state index contributed by atoms with van der Waals surface area (Å²) in [5.41, 5.74) is 1.57. The van der Waals surface area contributed by atoms with E-state index < -0.39 is 0 Å². The van der Waals surface area contributed by atoms with Crippen LogP contribution in [0.3, 0.4) is 0 Å². The second-order valence-electron chi connectivity index (χ2n) is 8.34. The highest BCUT2D eigenvalue weighted by Gasteiger charge is 2.33. The van der Waals surface area contributed by atoms with Crippen LogP contribution in [0.2, 0.25) is 0 Å². The summed E-state index contributed by atoms with van der Waals surface area (Å²) in [6.45, 7) is 3.18. The Kier molecular flexibility index (Phi) is 5.69. The molecule has 0 aliphatic carbocycles. The van der Waals surface area contributed by atoms with Crippen molar-refractivity contribution in [3.8, 4) is 15.6 Å². The Morgan fingerprint density at radius 3 is 2.67 bits per heavy atom. The fourth-order valence-electron chi connectivity index (χ4n) is 4.94. The van der Waals surface area contributed by atoms with E-state index >= 15 is 0 Å². The van der Waals surface area contributed by atoms with Crippen molar-refractivity contribution < 1.29 is 4.79 Å². The van der Waals surface area contributed by atoms with Gasteiger partial charge in [0.1, 0.15) is 5.69 Å². The number of thiazole rings is 1. The van der Waals surface area contributed by atoms with Crippen LogP contribution in [0.4, 0.5) is 0 Å². The number of nitrogens with one attached hydrogen (secondary N) is 1. The van der Waals surface area contributed by atoms with E-state index in [0.717, 1.165) is 22.1 Å². The molecule has 0 bridgehead atoms. The standard InChI is InChI=1S/C24H28N4OS/c29-23(25-17-19-11-8-16-27-13-5-4-12-20(19)27)21-22(18-9-2-1-3-10-18)30-24(26-21)28-14-6-7-15-28/h1-3,6-7,9-10,14-15,19-20H,4-5,8,11-13,16-17H2,(H,25,29). The van der Waals surface area contributed by atoms with E-state index in [1.807, 2.05) is 59.4 Å². The zero-order valence-corrected chi connectivity index (χ0v) is 18.0. The molecule has 2 aliphatic rings. The maximum absolute atomic E-state index is 13.2. The molecule has 2 unspecified atom stereocenters. The van der Waals surface area contributed by atoms with Crippen LogP contribution in [0, 0.1) is 5.92 Å². The quantitative estimate of drug-likeness (QED) is 0.657. The third-order valence-electron chi connectivity index (χ3n) is 6.45.